The number of aromatic amines is 1. The van der Waals surface area contributed by atoms with Crippen LogP contribution < -0.4 is 0 Å². The number of hydrogen-bond acceptors (Lipinski definition) is 7. The van der Waals surface area contributed by atoms with Gasteiger partial charge in [-0.15, -0.1) is 0 Å². The van der Waals surface area contributed by atoms with Crippen molar-refractivity contribution in [2.24, 2.45) is 0 Å². The summed E-state index contributed by atoms with van der Waals surface area (Å²) in [5, 5.41) is 34.4. The Morgan fingerprint density at radius 1 is 0.800 bits per heavy atom. The second-order valence-corrected chi connectivity index (χ2v) is 15.2. The van der Waals surface area contributed by atoms with Crippen LogP contribution in [0.4, 0.5) is 17.1 Å². The zero-order valence-corrected chi connectivity index (χ0v) is 28.0. The van der Waals surface area contributed by atoms with Crippen LogP contribution in [0.2, 0.25) is 0 Å². The fourth-order valence-corrected chi connectivity index (χ4v) is 3.71. The summed E-state index contributed by atoms with van der Waals surface area (Å²) in [4.78, 5) is 36.6. The van der Waals surface area contributed by atoms with E-state index in [1.54, 1.807) is 43.5 Å². The van der Waals surface area contributed by atoms with Crippen molar-refractivity contribution in [1.29, 1.82) is 0 Å². The molecule has 0 spiro atoms. The van der Waals surface area contributed by atoms with Crippen LogP contribution in [0.3, 0.4) is 0 Å². The summed E-state index contributed by atoms with van der Waals surface area (Å²) in [6.07, 6.45) is 5.04. The van der Waals surface area contributed by atoms with E-state index >= 15 is 0 Å². The zero-order chi connectivity index (χ0) is 31.0. The minimum absolute atomic E-state index is 0.183. The van der Waals surface area contributed by atoms with Gasteiger partial charge in [0.1, 0.15) is 0 Å². The van der Waals surface area contributed by atoms with Crippen molar-refractivity contribution in [3.63, 3.8) is 0 Å². The Hall–Kier alpha value is -2.90. The molecule has 2 radical (unpaired) electrons. The van der Waals surface area contributed by atoms with Crippen LogP contribution in [0.5, 0.6) is 0 Å². The predicted octanol–water partition coefficient (Wildman–Crippen LogP) is 7.70. The molecule has 3 aromatic rings. The Bertz CT molecular complexity index is 1390. The molecule has 2 aromatic carbocycles. The van der Waals surface area contributed by atoms with E-state index in [0.29, 0.717) is 11.1 Å². The molecular weight excluding hydrogens is 668 g/mol. The van der Waals surface area contributed by atoms with Gasteiger partial charge in [-0.3, -0.25) is 30.3 Å². The summed E-state index contributed by atoms with van der Waals surface area (Å²) < 4.78 is 0. The molecule has 40 heavy (non-hydrogen) atoms. The minimum atomic E-state index is -0.826. The van der Waals surface area contributed by atoms with E-state index in [1.807, 2.05) is 53.7 Å². The molecule has 1 aromatic heterocycles. The average Bonchev–Trinajstić information content (AvgIpc) is 3.28. The number of fused-ring (bicyclic) bond motifs is 1. The first-order chi connectivity index (χ1) is 18.3. The molecule has 1 heterocycles. The molecule has 14 heteroatoms. The van der Waals surface area contributed by atoms with Crippen molar-refractivity contribution in [1.82, 2.24) is 9.88 Å². The van der Waals surface area contributed by atoms with E-state index in [0.717, 1.165) is 22.5 Å². The SMILES string of the molecule is CC(C)(C)c1cc2cc[nH]c2cc1[N+](=O)[O-].CN(C)/C=C/c1cc(C(C)(C)C)c([N+](=O)[O-])cc1[N+](=O)[O-].[Cl][Sn][Cl]. The number of hydrogen-bond donors (Lipinski definition) is 1. The van der Waals surface area contributed by atoms with E-state index < -0.39 is 34.2 Å². The molecule has 0 fully saturated rings. The van der Waals surface area contributed by atoms with Gasteiger partial charge in [-0.1, -0.05) is 41.5 Å². The van der Waals surface area contributed by atoms with E-state index in [4.69, 9.17) is 17.8 Å². The molecule has 0 saturated heterocycles. The average molecular weight is 701 g/mol. The molecule has 0 amide bonds. The van der Waals surface area contributed by atoms with Crippen LogP contribution in [0.15, 0.2) is 42.7 Å². The number of halogens is 2. The van der Waals surface area contributed by atoms with Crippen molar-refractivity contribution >= 4 is 70.8 Å². The Kier molecular flexibility index (Phi) is 12.9. The van der Waals surface area contributed by atoms with Crippen LogP contribution >= 0.6 is 17.8 Å². The molecule has 0 aliphatic heterocycles. The quantitative estimate of drug-likeness (QED) is 0.163. The summed E-state index contributed by atoms with van der Waals surface area (Å²) >= 11 is -0.826. The third-order valence-electron chi connectivity index (χ3n) is 5.57. The van der Waals surface area contributed by atoms with Crippen LogP contribution in [0.1, 0.15) is 58.2 Å². The van der Waals surface area contributed by atoms with Crippen molar-refractivity contribution in [2.45, 2.75) is 52.4 Å². The maximum atomic E-state index is 11.2. The zero-order valence-electron chi connectivity index (χ0n) is 23.6. The number of nitro groups is 3. The first kappa shape index (κ1) is 35.1. The van der Waals surface area contributed by atoms with Crippen LogP contribution in [-0.4, -0.2) is 57.6 Å². The van der Waals surface area contributed by atoms with E-state index in [9.17, 15) is 30.3 Å². The summed E-state index contributed by atoms with van der Waals surface area (Å²) in [6.45, 7) is 11.4. The van der Waals surface area contributed by atoms with Crippen LogP contribution in [-0.2, 0) is 10.8 Å². The molecule has 0 unspecified atom stereocenters. The molecule has 0 bridgehead atoms. The summed E-state index contributed by atoms with van der Waals surface area (Å²) in [5.41, 5.74) is 1.36. The van der Waals surface area contributed by atoms with E-state index in [2.05, 4.69) is 4.98 Å². The number of benzene rings is 2. The van der Waals surface area contributed by atoms with Gasteiger partial charge in [-0.25, -0.2) is 0 Å². The van der Waals surface area contributed by atoms with Gasteiger partial charge in [0.15, 0.2) is 0 Å². The Balaban J connectivity index is 0.000000374. The first-order valence-electron chi connectivity index (χ1n) is 11.9. The Morgan fingerprint density at radius 3 is 1.68 bits per heavy atom. The Labute approximate surface area is 250 Å². The van der Waals surface area contributed by atoms with Gasteiger partial charge in [0.2, 0.25) is 0 Å². The number of aromatic nitrogens is 1. The van der Waals surface area contributed by atoms with Crippen molar-refractivity contribution in [3.05, 3.63) is 89.8 Å². The van der Waals surface area contributed by atoms with Crippen molar-refractivity contribution in [2.75, 3.05) is 14.1 Å². The third-order valence-corrected chi connectivity index (χ3v) is 5.57. The van der Waals surface area contributed by atoms with Crippen molar-refractivity contribution in [3.8, 4) is 0 Å². The van der Waals surface area contributed by atoms with Gasteiger partial charge in [0.25, 0.3) is 17.1 Å². The van der Waals surface area contributed by atoms with Crippen molar-refractivity contribution < 1.29 is 14.8 Å². The fourth-order valence-electron chi connectivity index (χ4n) is 3.71. The van der Waals surface area contributed by atoms with E-state index in [1.165, 1.54) is 6.07 Å². The first-order valence-corrected chi connectivity index (χ1v) is 19.1. The van der Waals surface area contributed by atoms with E-state index in [-0.39, 0.29) is 27.4 Å². The number of nitrogens with zero attached hydrogens (tertiary/aromatic N) is 4. The Morgan fingerprint density at radius 2 is 1.25 bits per heavy atom. The third kappa shape index (κ3) is 9.93. The number of nitro benzene ring substituents is 3. The van der Waals surface area contributed by atoms with Gasteiger partial charge < -0.3 is 9.88 Å². The van der Waals surface area contributed by atoms with Crippen LogP contribution in [0.25, 0.3) is 17.0 Å². The maximum absolute atomic E-state index is 11.2. The topological polar surface area (TPSA) is 148 Å². The second-order valence-electron chi connectivity index (χ2n) is 11.0. The molecule has 0 atom stereocenters. The number of H-pyrrole nitrogens is 1. The fraction of sp³-hybridized carbons (Fsp3) is 0.385. The van der Waals surface area contributed by atoms with Gasteiger partial charge in [0.05, 0.1) is 31.9 Å². The van der Waals surface area contributed by atoms with Gasteiger partial charge in [-0.2, -0.15) is 0 Å². The van der Waals surface area contributed by atoms with Gasteiger partial charge in [0, 0.05) is 42.9 Å². The normalized spacial score (nSPS) is 11.3. The van der Waals surface area contributed by atoms with Gasteiger partial charge in [-0.05, 0) is 41.3 Å². The molecular formula is C26H33Cl2N5O6Sn. The summed E-state index contributed by atoms with van der Waals surface area (Å²) in [6, 6.07) is 7.99. The molecule has 0 aliphatic carbocycles. The summed E-state index contributed by atoms with van der Waals surface area (Å²) in [5.74, 6) is 0. The molecule has 0 saturated carbocycles. The molecule has 3 rings (SSSR count). The molecule has 216 valence electrons. The second kappa shape index (κ2) is 14.6. The monoisotopic (exact) mass is 701 g/mol. The standard InChI is InChI=1S/C14H19N3O4.C12H14N2O2.2ClH.Sn/c1-14(2,3)11-8-10(6-7-15(4)5)12(16(18)19)9-13(11)17(20)21;1-12(2,3)9-6-8-4-5-13-10(8)7-11(9)14(15)16;;;/h6-9H,1-5H3;4-7,13H,1-3H3;2*1H;/q;;;;+2/p-2/b7-6+;;;;. The number of nitrogens with one attached hydrogen (secondary N) is 1. The molecule has 1 N–H and O–H groups in total. The predicted molar refractivity (Wildman–Crippen MR) is 162 cm³/mol. The molecule has 11 nitrogen and oxygen atoms in total. The number of rotatable bonds is 5. The summed E-state index contributed by atoms with van der Waals surface area (Å²) in [7, 11) is 13.4. The van der Waals surface area contributed by atoms with Crippen LogP contribution in [0, 0.1) is 30.3 Å². The molecule has 0 aliphatic rings. The van der Waals surface area contributed by atoms with Gasteiger partial charge >= 0.3 is 36.7 Å².